The minimum atomic E-state index is -0.442. The lowest BCUT2D eigenvalue weighted by atomic mass is 10.2. The van der Waals surface area contributed by atoms with Crippen molar-refractivity contribution >= 4 is 29.2 Å². The Labute approximate surface area is 161 Å². The third-order valence-corrected chi connectivity index (χ3v) is 3.91. The molecule has 0 aliphatic heterocycles. The molecule has 6 nitrogen and oxygen atoms in total. The smallest absolute Gasteiger partial charge is 0.269 e. The van der Waals surface area contributed by atoms with Crippen molar-refractivity contribution in [3.8, 4) is 5.75 Å². The molecular formula is C20H16ClN3O3. The van der Waals surface area contributed by atoms with E-state index in [0.717, 1.165) is 16.9 Å². The normalized spacial score (nSPS) is 10.7. The topological polar surface area (TPSA) is 76.8 Å². The van der Waals surface area contributed by atoms with E-state index >= 15 is 0 Å². The quantitative estimate of drug-likeness (QED) is 0.343. The SMILES string of the molecule is O=[N+]([O-])c1ccc(N/N=C/c2cccc(OCc3ccc(Cl)cc3)c2)cc1. The highest BCUT2D eigenvalue weighted by atomic mass is 35.5. The molecule has 0 heterocycles. The summed E-state index contributed by atoms with van der Waals surface area (Å²) in [6.45, 7) is 0.443. The summed E-state index contributed by atoms with van der Waals surface area (Å²) in [4.78, 5) is 10.2. The third kappa shape index (κ3) is 5.55. The number of rotatable bonds is 7. The summed E-state index contributed by atoms with van der Waals surface area (Å²) in [7, 11) is 0. The van der Waals surface area contributed by atoms with E-state index in [1.165, 1.54) is 12.1 Å². The highest BCUT2D eigenvalue weighted by molar-refractivity contribution is 6.30. The zero-order valence-corrected chi connectivity index (χ0v) is 15.0. The number of anilines is 1. The third-order valence-electron chi connectivity index (χ3n) is 3.66. The first-order chi connectivity index (χ1) is 13.1. The fraction of sp³-hybridized carbons (Fsp3) is 0.0500. The second kappa shape index (κ2) is 8.82. The molecule has 3 rings (SSSR count). The summed E-state index contributed by atoms with van der Waals surface area (Å²) in [5.41, 5.74) is 5.42. The monoisotopic (exact) mass is 381 g/mol. The van der Waals surface area contributed by atoms with Crippen molar-refractivity contribution in [3.05, 3.63) is 99.1 Å². The Bertz CT molecular complexity index is 941. The van der Waals surface area contributed by atoms with E-state index in [4.69, 9.17) is 16.3 Å². The van der Waals surface area contributed by atoms with Crippen LogP contribution in [-0.2, 0) is 6.61 Å². The second-order valence-corrected chi connectivity index (χ2v) is 6.10. The lowest BCUT2D eigenvalue weighted by Crippen LogP contribution is -1.96. The molecule has 0 fully saturated rings. The van der Waals surface area contributed by atoms with Crippen LogP contribution >= 0.6 is 11.6 Å². The molecule has 27 heavy (non-hydrogen) atoms. The van der Waals surface area contributed by atoms with Gasteiger partial charge >= 0.3 is 0 Å². The summed E-state index contributed by atoms with van der Waals surface area (Å²) in [6.07, 6.45) is 1.65. The Morgan fingerprint density at radius 3 is 2.52 bits per heavy atom. The highest BCUT2D eigenvalue weighted by Crippen LogP contribution is 2.17. The first kappa shape index (κ1) is 18.4. The van der Waals surface area contributed by atoms with Crippen molar-refractivity contribution < 1.29 is 9.66 Å². The Kier molecular flexibility index (Phi) is 6.02. The first-order valence-corrected chi connectivity index (χ1v) is 8.49. The van der Waals surface area contributed by atoms with Gasteiger partial charge < -0.3 is 4.74 Å². The average molecular weight is 382 g/mol. The lowest BCUT2D eigenvalue weighted by molar-refractivity contribution is -0.384. The van der Waals surface area contributed by atoms with E-state index in [9.17, 15) is 10.1 Å². The number of nitro groups is 1. The lowest BCUT2D eigenvalue weighted by Gasteiger charge is -2.07. The van der Waals surface area contributed by atoms with Gasteiger partial charge in [-0.15, -0.1) is 0 Å². The van der Waals surface area contributed by atoms with Crippen LogP contribution in [0.15, 0.2) is 77.9 Å². The first-order valence-electron chi connectivity index (χ1n) is 8.11. The van der Waals surface area contributed by atoms with Crippen molar-refractivity contribution in [3.63, 3.8) is 0 Å². The molecule has 0 atom stereocenters. The summed E-state index contributed by atoms with van der Waals surface area (Å²) < 4.78 is 5.78. The number of hydrazone groups is 1. The number of halogens is 1. The van der Waals surface area contributed by atoms with Gasteiger partial charge in [-0.2, -0.15) is 5.10 Å². The van der Waals surface area contributed by atoms with Crippen LogP contribution < -0.4 is 10.2 Å². The van der Waals surface area contributed by atoms with Gasteiger partial charge in [0.2, 0.25) is 0 Å². The standard InChI is InChI=1S/C20H16ClN3O3/c21-17-6-4-15(5-7-17)14-27-20-3-1-2-16(12-20)13-22-23-18-8-10-19(11-9-18)24(25)26/h1-13,23H,14H2/b22-13+. The number of hydrogen-bond acceptors (Lipinski definition) is 5. The minimum absolute atomic E-state index is 0.0371. The average Bonchev–Trinajstić information content (AvgIpc) is 2.68. The molecule has 3 aromatic rings. The van der Waals surface area contributed by atoms with Gasteiger partial charge in [0.25, 0.3) is 5.69 Å². The van der Waals surface area contributed by atoms with Gasteiger partial charge in [-0.3, -0.25) is 15.5 Å². The zero-order chi connectivity index (χ0) is 19.1. The van der Waals surface area contributed by atoms with Crippen LogP contribution in [0.4, 0.5) is 11.4 Å². The van der Waals surface area contributed by atoms with E-state index < -0.39 is 4.92 Å². The van der Waals surface area contributed by atoms with Crippen molar-refractivity contribution in [2.24, 2.45) is 5.10 Å². The predicted molar refractivity (Wildman–Crippen MR) is 107 cm³/mol. The van der Waals surface area contributed by atoms with Crippen LogP contribution in [0.5, 0.6) is 5.75 Å². The molecule has 0 aliphatic rings. The molecule has 0 saturated heterocycles. The fourth-order valence-corrected chi connectivity index (χ4v) is 2.40. The van der Waals surface area contributed by atoms with Gasteiger partial charge in [0.15, 0.2) is 0 Å². The van der Waals surface area contributed by atoms with E-state index in [1.54, 1.807) is 18.3 Å². The Morgan fingerprint density at radius 2 is 1.81 bits per heavy atom. The Hall–Kier alpha value is -3.38. The van der Waals surface area contributed by atoms with E-state index in [-0.39, 0.29) is 5.69 Å². The molecule has 0 aliphatic carbocycles. The van der Waals surface area contributed by atoms with E-state index in [2.05, 4.69) is 10.5 Å². The molecule has 3 aromatic carbocycles. The molecule has 136 valence electrons. The van der Waals surface area contributed by atoms with Gasteiger partial charge in [0.1, 0.15) is 12.4 Å². The van der Waals surface area contributed by atoms with Crippen molar-refractivity contribution in [2.75, 3.05) is 5.43 Å². The number of hydrogen-bond donors (Lipinski definition) is 1. The van der Waals surface area contributed by atoms with Crippen LogP contribution in [-0.4, -0.2) is 11.1 Å². The van der Waals surface area contributed by atoms with Gasteiger partial charge in [-0.1, -0.05) is 35.9 Å². The number of non-ortho nitro benzene ring substituents is 1. The minimum Gasteiger partial charge on any atom is -0.489 e. The molecule has 0 saturated carbocycles. The maximum absolute atomic E-state index is 10.6. The molecule has 0 aromatic heterocycles. The molecule has 0 bridgehead atoms. The Balaban J connectivity index is 1.57. The van der Waals surface area contributed by atoms with Gasteiger partial charge in [0.05, 0.1) is 16.8 Å². The summed E-state index contributed by atoms with van der Waals surface area (Å²) in [5.74, 6) is 0.726. The number of nitro benzene ring substituents is 1. The van der Waals surface area contributed by atoms with Crippen LogP contribution in [0, 0.1) is 10.1 Å². The number of nitrogens with zero attached hydrogens (tertiary/aromatic N) is 2. The predicted octanol–water partition coefficient (Wildman–Crippen LogP) is 5.27. The number of benzene rings is 3. The van der Waals surface area contributed by atoms with Crippen LogP contribution in [0.1, 0.15) is 11.1 Å². The number of ether oxygens (including phenoxy) is 1. The molecular weight excluding hydrogens is 366 g/mol. The largest absolute Gasteiger partial charge is 0.489 e. The van der Waals surface area contributed by atoms with Crippen LogP contribution in [0.25, 0.3) is 0 Å². The van der Waals surface area contributed by atoms with Crippen molar-refractivity contribution in [2.45, 2.75) is 6.61 Å². The van der Waals surface area contributed by atoms with E-state index in [0.29, 0.717) is 17.3 Å². The molecule has 0 amide bonds. The van der Waals surface area contributed by atoms with Crippen LogP contribution in [0.3, 0.4) is 0 Å². The second-order valence-electron chi connectivity index (χ2n) is 5.66. The summed E-state index contributed by atoms with van der Waals surface area (Å²) in [5, 5.41) is 15.5. The number of nitrogens with one attached hydrogen (secondary N) is 1. The molecule has 7 heteroatoms. The summed E-state index contributed by atoms with van der Waals surface area (Å²) in [6, 6.07) is 21.0. The molecule has 0 spiro atoms. The zero-order valence-electron chi connectivity index (χ0n) is 14.2. The molecule has 1 N–H and O–H groups in total. The summed E-state index contributed by atoms with van der Waals surface area (Å²) >= 11 is 5.87. The highest BCUT2D eigenvalue weighted by Gasteiger charge is 2.03. The maximum Gasteiger partial charge on any atom is 0.269 e. The van der Waals surface area contributed by atoms with Crippen molar-refractivity contribution in [1.29, 1.82) is 0 Å². The fourth-order valence-electron chi connectivity index (χ4n) is 2.27. The van der Waals surface area contributed by atoms with Crippen molar-refractivity contribution in [1.82, 2.24) is 0 Å². The van der Waals surface area contributed by atoms with Crippen LogP contribution in [0.2, 0.25) is 5.02 Å². The van der Waals surface area contributed by atoms with Gasteiger partial charge in [-0.25, -0.2) is 0 Å². The maximum atomic E-state index is 10.6. The Morgan fingerprint density at radius 1 is 1.07 bits per heavy atom. The van der Waals surface area contributed by atoms with E-state index in [1.807, 2.05) is 48.5 Å². The molecule has 0 unspecified atom stereocenters. The molecule has 0 radical (unpaired) electrons. The van der Waals surface area contributed by atoms with Gasteiger partial charge in [-0.05, 0) is 47.5 Å². The van der Waals surface area contributed by atoms with Gasteiger partial charge in [0, 0.05) is 17.2 Å².